The van der Waals surface area contributed by atoms with Crippen molar-refractivity contribution in [3.05, 3.63) is 81.4 Å². The minimum absolute atomic E-state index is 0.101. The highest BCUT2D eigenvalue weighted by atomic mass is 35.5. The first kappa shape index (κ1) is 17.8. The number of benzene rings is 2. The van der Waals surface area contributed by atoms with Crippen LogP contribution in [0.2, 0.25) is 5.02 Å². The summed E-state index contributed by atoms with van der Waals surface area (Å²) in [4.78, 5) is 18.0. The van der Waals surface area contributed by atoms with Crippen LogP contribution in [-0.2, 0) is 12.8 Å². The predicted molar refractivity (Wildman–Crippen MR) is 110 cm³/mol. The van der Waals surface area contributed by atoms with Gasteiger partial charge in [0.05, 0.1) is 22.8 Å². The van der Waals surface area contributed by atoms with Crippen molar-refractivity contribution in [3.8, 4) is 5.69 Å². The summed E-state index contributed by atoms with van der Waals surface area (Å²) in [5, 5.41) is 5.93. The van der Waals surface area contributed by atoms with Gasteiger partial charge in [0.1, 0.15) is 0 Å². The Morgan fingerprint density at radius 1 is 1.19 bits per heavy atom. The number of fused-ring (bicyclic) bond motifs is 1. The Labute approximate surface area is 165 Å². The van der Waals surface area contributed by atoms with E-state index in [4.69, 9.17) is 16.6 Å². The zero-order chi connectivity index (χ0) is 19.0. The van der Waals surface area contributed by atoms with E-state index in [2.05, 4.69) is 5.10 Å². The molecule has 4 aromatic rings. The van der Waals surface area contributed by atoms with Crippen molar-refractivity contribution in [2.45, 2.75) is 17.8 Å². The van der Waals surface area contributed by atoms with E-state index in [0.717, 1.165) is 16.8 Å². The first-order valence-corrected chi connectivity index (χ1v) is 9.77. The minimum atomic E-state index is -0.101. The quantitative estimate of drug-likeness (QED) is 0.379. The SMILES string of the molecule is Cc1cccc(-n2c(SCc3cnn(C)c3)nc3cc(Cl)ccc3c2=O)c1. The van der Waals surface area contributed by atoms with E-state index < -0.39 is 0 Å². The van der Waals surface area contributed by atoms with Crippen molar-refractivity contribution in [1.82, 2.24) is 19.3 Å². The number of nitrogens with zero attached hydrogens (tertiary/aromatic N) is 4. The molecule has 0 N–H and O–H groups in total. The third-order valence-corrected chi connectivity index (χ3v) is 5.43. The second-order valence-corrected chi connectivity index (χ2v) is 7.73. The normalized spacial score (nSPS) is 11.2. The maximum atomic E-state index is 13.2. The van der Waals surface area contributed by atoms with Gasteiger partial charge in [-0.3, -0.25) is 14.0 Å². The third-order valence-electron chi connectivity index (χ3n) is 4.19. The summed E-state index contributed by atoms with van der Waals surface area (Å²) in [5.41, 5.74) is 3.46. The molecule has 0 atom stereocenters. The molecular weight excluding hydrogens is 380 g/mol. The molecule has 0 bridgehead atoms. The van der Waals surface area contributed by atoms with Gasteiger partial charge in [0.15, 0.2) is 5.16 Å². The van der Waals surface area contributed by atoms with Crippen molar-refractivity contribution in [2.24, 2.45) is 7.05 Å². The van der Waals surface area contributed by atoms with Crippen LogP contribution in [0.1, 0.15) is 11.1 Å². The Balaban J connectivity index is 1.88. The lowest BCUT2D eigenvalue weighted by Gasteiger charge is -2.13. The molecule has 0 unspecified atom stereocenters. The van der Waals surface area contributed by atoms with Gasteiger partial charge in [-0.1, -0.05) is 35.5 Å². The number of halogens is 1. The maximum Gasteiger partial charge on any atom is 0.266 e. The largest absolute Gasteiger partial charge is 0.276 e. The Morgan fingerprint density at radius 2 is 2.04 bits per heavy atom. The van der Waals surface area contributed by atoms with Crippen LogP contribution in [0.25, 0.3) is 16.6 Å². The molecule has 0 radical (unpaired) electrons. The van der Waals surface area contributed by atoms with E-state index in [0.29, 0.717) is 26.8 Å². The lowest BCUT2D eigenvalue weighted by molar-refractivity contribution is 0.767. The molecule has 0 aliphatic carbocycles. The van der Waals surface area contributed by atoms with Gasteiger partial charge >= 0.3 is 0 Å². The monoisotopic (exact) mass is 396 g/mol. The van der Waals surface area contributed by atoms with E-state index in [-0.39, 0.29) is 5.56 Å². The number of hydrogen-bond acceptors (Lipinski definition) is 4. The first-order chi connectivity index (χ1) is 13.0. The van der Waals surface area contributed by atoms with Crippen LogP contribution >= 0.6 is 23.4 Å². The molecule has 2 heterocycles. The zero-order valence-electron chi connectivity index (χ0n) is 14.9. The molecule has 0 aliphatic heterocycles. The first-order valence-electron chi connectivity index (χ1n) is 8.41. The van der Waals surface area contributed by atoms with E-state index >= 15 is 0 Å². The van der Waals surface area contributed by atoms with Crippen molar-refractivity contribution in [3.63, 3.8) is 0 Å². The Bertz CT molecular complexity index is 1200. The van der Waals surface area contributed by atoms with Crippen LogP contribution in [0.5, 0.6) is 0 Å². The number of aromatic nitrogens is 4. The molecule has 0 aliphatic rings. The summed E-state index contributed by atoms with van der Waals surface area (Å²) < 4.78 is 3.43. The molecule has 2 aromatic heterocycles. The van der Waals surface area contributed by atoms with E-state index in [1.54, 1.807) is 27.4 Å². The molecule has 7 heteroatoms. The highest BCUT2D eigenvalue weighted by Crippen LogP contribution is 2.25. The smallest absolute Gasteiger partial charge is 0.266 e. The average Bonchev–Trinajstić information content (AvgIpc) is 3.05. The van der Waals surface area contributed by atoms with Gasteiger partial charge in [0.2, 0.25) is 0 Å². The molecule has 0 amide bonds. The van der Waals surface area contributed by atoms with Crippen molar-refractivity contribution < 1.29 is 0 Å². The number of thioether (sulfide) groups is 1. The fourth-order valence-electron chi connectivity index (χ4n) is 2.92. The van der Waals surface area contributed by atoms with Gasteiger partial charge in [-0.2, -0.15) is 5.10 Å². The second-order valence-electron chi connectivity index (χ2n) is 6.35. The highest BCUT2D eigenvalue weighted by Gasteiger charge is 2.14. The third kappa shape index (κ3) is 3.63. The molecule has 2 aromatic carbocycles. The van der Waals surface area contributed by atoms with Crippen molar-refractivity contribution >= 4 is 34.3 Å². The van der Waals surface area contributed by atoms with Crippen LogP contribution < -0.4 is 5.56 Å². The van der Waals surface area contributed by atoms with Gasteiger partial charge in [-0.15, -0.1) is 0 Å². The van der Waals surface area contributed by atoms with E-state index in [1.807, 2.05) is 50.6 Å². The summed E-state index contributed by atoms with van der Waals surface area (Å²) in [5.74, 6) is 0.665. The van der Waals surface area contributed by atoms with Crippen LogP contribution in [0, 0.1) is 6.92 Å². The maximum absolute atomic E-state index is 13.2. The van der Waals surface area contributed by atoms with Gasteiger partial charge < -0.3 is 0 Å². The van der Waals surface area contributed by atoms with Gasteiger partial charge in [0.25, 0.3) is 5.56 Å². The van der Waals surface area contributed by atoms with Crippen molar-refractivity contribution in [2.75, 3.05) is 0 Å². The van der Waals surface area contributed by atoms with E-state index in [1.165, 1.54) is 11.8 Å². The standard InChI is InChI=1S/C20H17ClN4OS/c1-13-4-3-5-16(8-13)25-19(26)17-7-6-15(21)9-18(17)23-20(25)27-12-14-10-22-24(2)11-14/h3-11H,12H2,1-2H3. The Kier molecular flexibility index (Phi) is 4.76. The Morgan fingerprint density at radius 3 is 2.78 bits per heavy atom. The molecule has 0 fully saturated rings. The van der Waals surface area contributed by atoms with Gasteiger partial charge in [0, 0.05) is 29.6 Å². The second kappa shape index (κ2) is 7.21. The molecular formula is C20H17ClN4OS. The summed E-state index contributed by atoms with van der Waals surface area (Å²) in [6.45, 7) is 2.01. The molecule has 0 spiro atoms. The lowest BCUT2D eigenvalue weighted by atomic mass is 10.2. The molecule has 5 nitrogen and oxygen atoms in total. The number of aryl methyl sites for hydroxylation is 2. The van der Waals surface area contributed by atoms with Crippen LogP contribution in [-0.4, -0.2) is 19.3 Å². The van der Waals surface area contributed by atoms with Crippen molar-refractivity contribution in [1.29, 1.82) is 0 Å². The fourth-order valence-corrected chi connectivity index (χ4v) is 4.02. The van der Waals surface area contributed by atoms with E-state index in [9.17, 15) is 4.79 Å². The predicted octanol–water partition coefficient (Wildman–Crippen LogP) is 4.37. The van der Waals surface area contributed by atoms with Crippen LogP contribution in [0.15, 0.2) is 64.8 Å². The highest BCUT2D eigenvalue weighted by molar-refractivity contribution is 7.98. The zero-order valence-corrected chi connectivity index (χ0v) is 16.5. The molecule has 136 valence electrons. The molecule has 27 heavy (non-hydrogen) atoms. The summed E-state index contributed by atoms with van der Waals surface area (Å²) in [7, 11) is 1.88. The number of hydrogen-bond donors (Lipinski definition) is 0. The summed E-state index contributed by atoms with van der Waals surface area (Å²) in [6.07, 6.45) is 3.78. The average molecular weight is 397 g/mol. The topological polar surface area (TPSA) is 52.7 Å². The summed E-state index contributed by atoms with van der Waals surface area (Å²) in [6, 6.07) is 13.0. The molecule has 4 rings (SSSR count). The minimum Gasteiger partial charge on any atom is -0.276 e. The molecule has 0 saturated carbocycles. The number of rotatable bonds is 4. The van der Waals surface area contributed by atoms with Crippen LogP contribution in [0.4, 0.5) is 0 Å². The van der Waals surface area contributed by atoms with Gasteiger partial charge in [-0.25, -0.2) is 4.98 Å². The Hall–Kier alpha value is -2.57. The van der Waals surface area contributed by atoms with Crippen LogP contribution in [0.3, 0.4) is 0 Å². The molecule has 0 saturated heterocycles. The fraction of sp³-hybridized carbons (Fsp3) is 0.150. The lowest BCUT2D eigenvalue weighted by Crippen LogP contribution is -2.21. The summed E-state index contributed by atoms with van der Waals surface area (Å²) >= 11 is 7.61. The van der Waals surface area contributed by atoms with Gasteiger partial charge in [-0.05, 0) is 42.8 Å².